The molecule has 9 heavy (non-hydrogen) atoms. The predicted octanol–water partition coefficient (Wildman–Crippen LogP) is 0.585. The normalized spacial score (nSPS) is 9.00. The van der Waals surface area contributed by atoms with Gasteiger partial charge >= 0.3 is 0 Å². The summed E-state index contributed by atoms with van der Waals surface area (Å²) in [7, 11) is 0. The first kappa shape index (κ1) is 6.25. The summed E-state index contributed by atoms with van der Waals surface area (Å²) in [6.45, 7) is 0. The third kappa shape index (κ3) is 1.28. The summed E-state index contributed by atoms with van der Waals surface area (Å²) in [5.41, 5.74) is 0. The van der Waals surface area contributed by atoms with Crippen molar-refractivity contribution in [1.82, 2.24) is 0 Å². The van der Waals surface area contributed by atoms with Crippen molar-refractivity contribution in [3.05, 3.63) is 17.5 Å². The summed E-state index contributed by atoms with van der Waals surface area (Å²) < 4.78 is 0. The van der Waals surface area contributed by atoms with Gasteiger partial charge in [-0.25, -0.2) is 10.9 Å². The van der Waals surface area contributed by atoms with Gasteiger partial charge in [0.25, 0.3) is 0 Å². The van der Waals surface area contributed by atoms with Crippen LogP contribution in [0.4, 0.5) is 5.00 Å². The zero-order chi connectivity index (χ0) is 6.69. The summed E-state index contributed by atoms with van der Waals surface area (Å²) in [5.74, 6) is 5.21. The number of thiophene rings is 1. The molecular formula is C5H6N2OS. The number of carbonyl (C=O) groups excluding carboxylic acids is 1. The van der Waals surface area contributed by atoms with Gasteiger partial charge in [-0.05, 0) is 17.5 Å². The molecule has 0 spiro atoms. The molecule has 0 aliphatic heterocycles. The van der Waals surface area contributed by atoms with E-state index in [9.17, 15) is 4.79 Å². The number of nitrogens with two attached hydrogens (primary N) is 1. The summed E-state index contributed by atoms with van der Waals surface area (Å²) in [4.78, 5) is 10.0. The number of rotatable bonds is 2. The number of anilines is 1. The van der Waals surface area contributed by atoms with Gasteiger partial charge in [-0.15, -0.1) is 11.3 Å². The molecule has 0 saturated carbocycles. The first-order valence-corrected chi connectivity index (χ1v) is 3.25. The molecule has 1 aromatic rings. The van der Waals surface area contributed by atoms with Crippen molar-refractivity contribution in [3.8, 4) is 0 Å². The van der Waals surface area contributed by atoms with Gasteiger partial charge in [-0.1, -0.05) is 0 Å². The largest absolute Gasteiger partial charge is 0.277 e. The average molecular weight is 142 g/mol. The van der Waals surface area contributed by atoms with Crippen LogP contribution in [0.3, 0.4) is 0 Å². The highest BCUT2D eigenvalue weighted by atomic mass is 32.1. The van der Waals surface area contributed by atoms with E-state index in [-0.39, 0.29) is 0 Å². The first-order chi connectivity index (χ1) is 4.34. The van der Waals surface area contributed by atoms with Crippen LogP contribution in [0.25, 0.3) is 0 Å². The molecule has 0 saturated heterocycles. The number of hydrogen-bond acceptors (Lipinski definition) is 3. The van der Waals surface area contributed by atoms with Crippen LogP contribution >= 0.6 is 11.3 Å². The van der Waals surface area contributed by atoms with Crippen LogP contribution in [0, 0.1) is 0 Å². The van der Waals surface area contributed by atoms with E-state index >= 15 is 0 Å². The van der Waals surface area contributed by atoms with Crippen LogP contribution in [0.5, 0.6) is 0 Å². The summed E-state index contributed by atoms with van der Waals surface area (Å²) in [6, 6.07) is 3.61. The summed E-state index contributed by atoms with van der Waals surface area (Å²) in [5, 5.41) is 3.66. The molecule has 0 aromatic carbocycles. The van der Waals surface area contributed by atoms with Crippen LogP contribution in [0.1, 0.15) is 0 Å². The van der Waals surface area contributed by atoms with Crippen molar-refractivity contribution < 1.29 is 4.79 Å². The van der Waals surface area contributed by atoms with E-state index in [0.29, 0.717) is 6.41 Å². The number of hydrazine groups is 1. The third-order valence-electron chi connectivity index (χ3n) is 0.874. The van der Waals surface area contributed by atoms with Crippen LogP contribution < -0.4 is 10.9 Å². The number of carbonyl (C=O) groups is 1. The van der Waals surface area contributed by atoms with E-state index < -0.39 is 0 Å². The Bertz CT molecular complexity index is 185. The maximum atomic E-state index is 10.0. The molecule has 1 aromatic heterocycles. The molecule has 1 heterocycles. The van der Waals surface area contributed by atoms with E-state index in [1.807, 2.05) is 11.4 Å². The van der Waals surface area contributed by atoms with Gasteiger partial charge in [-0.3, -0.25) is 4.79 Å². The van der Waals surface area contributed by atoms with E-state index in [0.717, 1.165) is 10.0 Å². The van der Waals surface area contributed by atoms with E-state index in [1.165, 1.54) is 11.3 Å². The lowest BCUT2D eigenvalue weighted by atomic mass is 10.6. The molecule has 0 unspecified atom stereocenters. The minimum Gasteiger partial charge on any atom is -0.277 e. The summed E-state index contributed by atoms with van der Waals surface area (Å²) >= 11 is 1.43. The number of amides is 1. The van der Waals surface area contributed by atoms with Gasteiger partial charge in [0.05, 0.1) is 0 Å². The standard InChI is InChI=1S/C5H6N2OS/c6-7(4-8)5-2-1-3-9-5/h1-4H,6H2. The van der Waals surface area contributed by atoms with Gasteiger partial charge in [0.1, 0.15) is 5.00 Å². The van der Waals surface area contributed by atoms with Crippen LogP contribution in [-0.2, 0) is 4.79 Å². The van der Waals surface area contributed by atoms with Crippen LogP contribution in [-0.4, -0.2) is 6.41 Å². The quantitative estimate of drug-likeness (QED) is 0.284. The third-order valence-corrected chi connectivity index (χ3v) is 1.76. The SMILES string of the molecule is NN(C=O)c1cccs1. The Balaban J connectivity index is 2.76. The topological polar surface area (TPSA) is 46.3 Å². The van der Waals surface area contributed by atoms with Crippen molar-refractivity contribution in [2.24, 2.45) is 5.84 Å². The van der Waals surface area contributed by atoms with Gasteiger partial charge in [0.15, 0.2) is 0 Å². The molecule has 2 N–H and O–H groups in total. The molecule has 4 heteroatoms. The minimum atomic E-state index is 0.575. The highest BCUT2D eigenvalue weighted by Crippen LogP contribution is 2.16. The highest BCUT2D eigenvalue weighted by molar-refractivity contribution is 7.14. The minimum absolute atomic E-state index is 0.575. The van der Waals surface area contributed by atoms with Crippen molar-refractivity contribution >= 4 is 22.7 Å². The van der Waals surface area contributed by atoms with E-state index in [4.69, 9.17) is 5.84 Å². The Hall–Kier alpha value is -0.870. The molecular weight excluding hydrogens is 136 g/mol. The smallest absolute Gasteiger partial charge is 0.229 e. The molecule has 0 atom stereocenters. The molecule has 3 nitrogen and oxygen atoms in total. The molecule has 0 aliphatic rings. The van der Waals surface area contributed by atoms with Gasteiger partial charge in [0, 0.05) is 0 Å². The Morgan fingerprint density at radius 3 is 3.00 bits per heavy atom. The molecule has 0 aliphatic carbocycles. The van der Waals surface area contributed by atoms with Crippen molar-refractivity contribution in [1.29, 1.82) is 0 Å². The Kier molecular flexibility index (Phi) is 1.81. The average Bonchev–Trinajstić information content (AvgIpc) is 2.37. The second kappa shape index (κ2) is 2.61. The Morgan fingerprint density at radius 2 is 2.56 bits per heavy atom. The van der Waals surface area contributed by atoms with Gasteiger partial charge in [0.2, 0.25) is 6.41 Å². The lowest BCUT2D eigenvalue weighted by molar-refractivity contribution is -0.107. The fraction of sp³-hybridized carbons (Fsp3) is 0. The lowest BCUT2D eigenvalue weighted by Gasteiger charge is -2.03. The van der Waals surface area contributed by atoms with Crippen molar-refractivity contribution in [3.63, 3.8) is 0 Å². The lowest BCUT2D eigenvalue weighted by Crippen LogP contribution is -2.27. The van der Waals surface area contributed by atoms with Crippen molar-refractivity contribution in [2.75, 3.05) is 5.01 Å². The van der Waals surface area contributed by atoms with Crippen LogP contribution in [0.2, 0.25) is 0 Å². The van der Waals surface area contributed by atoms with E-state index in [2.05, 4.69) is 0 Å². The molecule has 0 radical (unpaired) electrons. The van der Waals surface area contributed by atoms with E-state index in [1.54, 1.807) is 6.07 Å². The summed E-state index contributed by atoms with van der Waals surface area (Å²) in [6.07, 6.45) is 0.575. The van der Waals surface area contributed by atoms with Gasteiger partial charge < -0.3 is 0 Å². The molecule has 0 bridgehead atoms. The molecule has 48 valence electrons. The Labute approximate surface area is 56.7 Å². The second-order valence-corrected chi connectivity index (χ2v) is 2.39. The maximum absolute atomic E-state index is 10.0. The molecule has 1 rings (SSSR count). The first-order valence-electron chi connectivity index (χ1n) is 2.37. The fourth-order valence-electron chi connectivity index (χ4n) is 0.469. The number of nitrogens with zero attached hydrogens (tertiary/aromatic N) is 1. The van der Waals surface area contributed by atoms with Gasteiger partial charge in [-0.2, -0.15) is 0 Å². The molecule has 0 fully saturated rings. The zero-order valence-electron chi connectivity index (χ0n) is 4.65. The number of hydrogen-bond donors (Lipinski definition) is 1. The zero-order valence-corrected chi connectivity index (χ0v) is 5.47. The second-order valence-electron chi connectivity index (χ2n) is 1.46. The van der Waals surface area contributed by atoms with Crippen LogP contribution in [0.15, 0.2) is 17.5 Å². The molecule has 1 amide bonds. The van der Waals surface area contributed by atoms with Crippen molar-refractivity contribution in [2.45, 2.75) is 0 Å². The monoisotopic (exact) mass is 142 g/mol. The maximum Gasteiger partial charge on any atom is 0.229 e. The fourth-order valence-corrected chi connectivity index (χ4v) is 1.09. The Morgan fingerprint density at radius 1 is 1.78 bits per heavy atom. The predicted molar refractivity (Wildman–Crippen MR) is 37.0 cm³/mol. The highest BCUT2D eigenvalue weighted by Gasteiger charge is 1.96.